The Balaban J connectivity index is 2.17. The summed E-state index contributed by atoms with van der Waals surface area (Å²) < 4.78 is 0. The van der Waals surface area contributed by atoms with Crippen molar-refractivity contribution < 1.29 is 0 Å². The van der Waals surface area contributed by atoms with E-state index in [-0.39, 0.29) is 0 Å². The molecule has 2 aliphatic carbocycles. The fourth-order valence-corrected chi connectivity index (χ4v) is 1.66. The fourth-order valence-electron chi connectivity index (χ4n) is 0.743. The standard InChI is InChI=1S/C5H5Br/c6-4-3-5(4)1-2-5/h4H,1-2H2. The molecule has 2 saturated carbocycles. The fraction of sp³-hybridized carbons (Fsp3) is 0.800. The highest BCUT2D eigenvalue weighted by Gasteiger charge is 2.62. The summed E-state index contributed by atoms with van der Waals surface area (Å²) in [4.78, 5) is 0.671. The second kappa shape index (κ2) is 0.706. The number of rotatable bonds is 0. The average molecular weight is 145 g/mol. The van der Waals surface area contributed by atoms with Crippen molar-refractivity contribution in [1.29, 1.82) is 0 Å². The molecule has 2 rings (SSSR count). The van der Waals surface area contributed by atoms with Gasteiger partial charge in [-0.15, -0.1) is 0 Å². The van der Waals surface area contributed by atoms with Crippen LogP contribution in [0.1, 0.15) is 12.8 Å². The van der Waals surface area contributed by atoms with Crippen molar-refractivity contribution in [3.05, 3.63) is 6.42 Å². The highest BCUT2D eigenvalue weighted by Crippen LogP contribution is 2.68. The van der Waals surface area contributed by atoms with Crippen LogP contribution >= 0.6 is 15.9 Å². The van der Waals surface area contributed by atoms with Crippen LogP contribution in [-0.2, 0) is 0 Å². The zero-order chi connectivity index (χ0) is 4.20. The van der Waals surface area contributed by atoms with Gasteiger partial charge in [0.05, 0.1) is 0 Å². The lowest BCUT2D eigenvalue weighted by Gasteiger charge is -1.69. The van der Waals surface area contributed by atoms with Gasteiger partial charge in [0.2, 0.25) is 0 Å². The molecule has 1 heteroatoms. The maximum absolute atomic E-state index is 3.45. The van der Waals surface area contributed by atoms with Gasteiger partial charge in [-0.25, -0.2) is 0 Å². The van der Waals surface area contributed by atoms with Gasteiger partial charge in [0.15, 0.2) is 0 Å². The van der Waals surface area contributed by atoms with Gasteiger partial charge in [0.1, 0.15) is 0 Å². The third kappa shape index (κ3) is 0.259. The molecule has 2 aliphatic rings. The first-order valence-electron chi connectivity index (χ1n) is 2.25. The number of hydrogen-bond donors (Lipinski definition) is 0. The van der Waals surface area contributed by atoms with E-state index >= 15 is 0 Å². The van der Waals surface area contributed by atoms with E-state index in [9.17, 15) is 0 Å². The first-order chi connectivity index (χ1) is 2.83. The molecular weight excluding hydrogens is 140 g/mol. The van der Waals surface area contributed by atoms with Crippen molar-refractivity contribution in [2.75, 3.05) is 0 Å². The molecule has 0 aromatic rings. The minimum atomic E-state index is 0.625. The third-order valence-corrected chi connectivity index (χ3v) is 2.71. The van der Waals surface area contributed by atoms with Crippen LogP contribution in [0.3, 0.4) is 0 Å². The van der Waals surface area contributed by atoms with Crippen LogP contribution in [0.15, 0.2) is 0 Å². The molecule has 1 atom stereocenters. The highest BCUT2D eigenvalue weighted by atomic mass is 79.9. The lowest BCUT2D eigenvalue weighted by Crippen LogP contribution is -1.66. The second-order valence-corrected chi connectivity index (χ2v) is 3.08. The van der Waals surface area contributed by atoms with Crippen molar-refractivity contribution in [3.63, 3.8) is 0 Å². The molecule has 1 spiro atoms. The molecular formula is C5H5Br. The molecule has 0 heterocycles. The first-order valence-corrected chi connectivity index (χ1v) is 3.17. The van der Waals surface area contributed by atoms with Crippen molar-refractivity contribution in [2.24, 2.45) is 5.41 Å². The van der Waals surface area contributed by atoms with Crippen LogP contribution in [0.25, 0.3) is 0 Å². The topological polar surface area (TPSA) is 0 Å². The molecule has 0 nitrogen and oxygen atoms in total. The van der Waals surface area contributed by atoms with E-state index in [4.69, 9.17) is 0 Å². The van der Waals surface area contributed by atoms with E-state index < -0.39 is 0 Å². The van der Waals surface area contributed by atoms with Gasteiger partial charge < -0.3 is 0 Å². The zero-order valence-corrected chi connectivity index (χ0v) is 4.96. The molecule has 1 unspecified atom stereocenters. The summed E-state index contributed by atoms with van der Waals surface area (Å²) in [7, 11) is 0. The predicted molar refractivity (Wildman–Crippen MR) is 27.6 cm³/mol. The summed E-state index contributed by atoms with van der Waals surface area (Å²) in [5, 5.41) is 0. The summed E-state index contributed by atoms with van der Waals surface area (Å²) >= 11 is 3.45. The van der Waals surface area contributed by atoms with Gasteiger partial charge in [-0.05, 0) is 18.3 Å². The summed E-state index contributed by atoms with van der Waals surface area (Å²) in [6.45, 7) is 0. The maximum atomic E-state index is 3.45. The third-order valence-electron chi connectivity index (χ3n) is 1.60. The molecule has 0 amide bonds. The largest absolute Gasteiger partial charge is 0.0878 e. The maximum Gasteiger partial charge on any atom is 0.0282 e. The SMILES string of the molecule is BrC1[C]C12CC2. The number of halogens is 1. The monoisotopic (exact) mass is 144 g/mol. The van der Waals surface area contributed by atoms with Crippen molar-refractivity contribution in [2.45, 2.75) is 17.7 Å². The predicted octanol–water partition coefficient (Wildman–Crippen LogP) is 1.62. The minimum absolute atomic E-state index is 0.625. The highest BCUT2D eigenvalue weighted by molar-refractivity contribution is 9.09. The Morgan fingerprint density at radius 3 is 2.17 bits per heavy atom. The normalized spacial score (nSPS) is 46.5. The number of hydrogen-bond acceptors (Lipinski definition) is 0. The van der Waals surface area contributed by atoms with Crippen LogP contribution < -0.4 is 0 Å². The molecule has 0 bridgehead atoms. The van der Waals surface area contributed by atoms with Crippen molar-refractivity contribution in [3.8, 4) is 0 Å². The van der Waals surface area contributed by atoms with Crippen LogP contribution in [-0.4, -0.2) is 4.83 Å². The van der Waals surface area contributed by atoms with Gasteiger partial charge in [0.25, 0.3) is 0 Å². The molecule has 6 heavy (non-hydrogen) atoms. The van der Waals surface area contributed by atoms with Crippen molar-refractivity contribution >= 4 is 15.9 Å². The van der Waals surface area contributed by atoms with E-state index in [1.54, 1.807) is 0 Å². The number of alkyl halides is 1. The van der Waals surface area contributed by atoms with Gasteiger partial charge in [0, 0.05) is 11.2 Å². The van der Waals surface area contributed by atoms with Crippen LogP contribution in [0.2, 0.25) is 0 Å². The second-order valence-electron chi connectivity index (χ2n) is 2.16. The average Bonchev–Trinajstić information content (AvgIpc) is 2.25. The summed E-state index contributed by atoms with van der Waals surface area (Å²) in [6, 6.07) is 0. The molecule has 0 aromatic carbocycles. The minimum Gasteiger partial charge on any atom is -0.0878 e. The van der Waals surface area contributed by atoms with Gasteiger partial charge in [-0.1, -0.05) is 15.9 Å². The summed E-state index contributed by atoms with van der Waals surface area (Å²) in [6.07, 6.45) is 6.08. The Kier molecular flexibility index (Phi) is 0.409. The Morgan fingerprint density at radius 1 is 1.67 bits per heavy atom. The zero-order valence-electron chi connectivity index (χ0n) is 3.37. The Labute approximate surface area is 46.1 Å². The molecule has 0 N–H and O–H groups in total. The quantitative estimate of drug-likeness (QED) is 0.454. The Morgan fingerprint density at radius 2 is 2.17 bits per heavy atom. The van der Waals surface area contributed by atoms with Crippen LogP contribution in [0, 0.1) is 11.8 Å². The molecule has 0 aliphatic heterocycles. The van der Waals surface area contributed by atoms with E-state index in [1.807, 2.05) is 0 Å². The van der Waals surface area contributed by atoms with Gasteiger partial charge >= 0.3 is 0 Å². The van der Waals surface area contributed by atoms with E-state index in [2.05, 4.69) is 22.4 Å². The van der Waals surface area contributed by atoms with E-state index in [0.717, 1.165) is 0 Å². The summed E-state index contributed by atoms with van der Waals surface area (Å²) in [5.41, 5.74) is 0.625. The molecule has 0 saturated heterocycles. The van der Waals surface area contributed by atoms with E-state index in [0.29, 0.717) is 10.2 Å². The molecule has 2 radical (unpaired) electrons. The smallest absolute Gasteiger partial charge is 0.0282 e. The lowest BCUT2D eigenvalue weighted by atomic mass is 10.4. The summed E-state index contributed by atoms with van der Waals surface area (Å²) in [5.74, 6) is 0. The molecule has 2 fully saturated rings. The Hall–Kier alpha value is 0.480. The van der Waals surface area contributed by atoms with Gasteiger partial charge in [-0.2, -0.15) is 0 Å². The van der Waals surface area contributed by atoms with Crippen LogP contribution in [0.5, 0.6) is 0 Å². The molecule has 0 aromatic heterocycles. The van der Waals surface area contributed by atoms with Crippen LogP contribution in [0.4, 0.5) is 0 Å². The van der Waals surface area contributed by atoms with Gasteiger partial charge in [-0.3, -0.25) is 0 Å². The van der Waals surface area contributed by atoms with E-state index in [1.165, 1.54) is 12.8 Å². The molecule has 32 valence electrons. The Bertz CT molecular complexity index is 83.9. The first kappa shape index (κ1) is 3.48. The van der Waals surface area contributed by atoms with Crippen molar-refractivity contribution in [1.82, 2.24) is 0 Å². The lowest BCUT2D eigenvalue weighted by molar-refractivity contribution is 0.952.